The number of nitrogens with two attached hydrogens (primary N) is 1. The van der Waals surface area contributed by atoms with Gasteiger partial charge in [0, 0.05) is 0 Å². The van der Waals surface area contributed by atoms with E-state index in [-0.39, 0.29) is 5.84 Å². The maximum Gasteiger partial charge on any atom is 0.413 e. The van der Waals surface area contributed by atoms with Crippen LogP contribution in [0.15, 0.2) is 30.3 Å². The number of carbonyl (C=O) groups is 1. The van der Waals surface area contributed by atoms with Crippen LogP contribution in [0.25, 0.3) is 0 Å². The van der Waals surface area contributed by atoms with Crippen LogP contribution in [0.3, 0.4) is 0 Å². The average Bonchev–Trinajstić information content (AvgIpc) is 2.29. The van der Waals surface area contributed by atoms with E-state index >= 15 is 0 Å². The lowest BCUT2D eigenvalue weighted by Crippen LogP contribution is -2.45. The molecular weight excluding hydrogens is 218 g/mol. The average molecular weight is 235 g/mol. The van der Waals surface area contributed by atoms with Gasteiger partial charge in [0.2, 0.25) is 0 Å². The van der Waals surface area contributed by atoms with E-state index in [9.17, 15) is 4.79 Å². The van der Waals surface area contributed by atoms with E-state index in [1.807, 2.05) is 13.0 Å². The van der Waals surface area contributed by atoms with Crippen LogP contribution >= 0.6 is 0 Å². The molecule has 0 spiro atoms. The number of amidine groups is 1. The van der Waals surface area contributed by atoms with E-state index < -0.39 is 12.1 Å². The molecule has 4 N–H and O–H groups in total. The first-order valence-corrected chi connectivity index (χ1v) is 5.50. The fourth-order valence-corrected chi connectivity index (χ4v) is 1.36. The Balaban J connectivity index is 2.51. The Morgan fingerprint density at radius 1 is 1.47 bits per heavy atom. The molecule has 0 saturated carbocycles. The van der Waals surface area contributed by atoms with Crippen LogP contribution in [0.2, 0.25) is 0 Å². The minimum absolute atomic E-state index is 0.0585. The van der Waals surface area contributed by atoms with Gasteiger partial charge in [0.05, 0.1) is 6.04 Å². The predicted molar refractivity (Wildman–Crippen MR) is 66.2 cm³/mol. The second-order valence-electron chi connectivity index (χ2n) is 3.64. The van der Waals surface area contributed by atoms with Gasteiger partial charge in [0.1, 0.15) is 11.6 Å². The molecule has 92 valence electrons. The van der Waals surface area contributed by atoms with E-state index in [4.69, 9.17) is 15.9 Å². The lowest BCUT2D eigenvalue weighted by molar-refractivity contribution is 0.198. The first kappa shape index (κ1) is 13.0. The molecule has 0 heterocycles. The SMILES string of the molecule is CCCC(NC(=O)Oc1ccccc1)C(=N)N. The summed E-state index contributed by atoms with van der Waals surface area (Å²) in [5, 5.41) is 9.89. The van der Waals surface area contributed by atoms with Gasteiger partial charge in [-0.1, -0.05) is 31.5 Å². The van der Waals surface area contributed by atoms with Crippen molar-refractivity contribution < 1.29 is 9.53 Å². The van der Waals surface area contributed by atoms with Crippen molar-refractivity contribution in [2.45, 2.75) is 25.8 Å². The van der Waals surface area contributed by atoms with Crippen LogP contribution < -0.4 is 15.8 Å². The monoisotopic (exact) mass is 235 g/mol. The van der Waals surface area contributed by atoms with Crippen LogP contribution in [0.4, 0.5) is 4.79 Å². The lowest BCUT2D eigenvalue weighted by Gasteiger charge is -2.16. The number of carbonyl (C=O) groups excluding carboxylic acids is 1. The third-order valence-corrected chi connectivity index (χ3v) is 2.20. The Morgan fingerprint density at radius 2 is 2.12 bits per heavy atom. The Morgan fingerprint density at radius 3 is 2.65 bits per heavy atom. The highest BCUT2D eigenvalue weighted by molar-refractivity contribution is 5.86. The van der Waals surface area contributed by atoms with Gasteiger partial charge in [0.25, 0.3) is 0 Å². The summed E-state index contributed by atoms with van der Waals surface area (Å²) in [6.45, 7) is 1.96. The molecule has 0 aliphatic rings. The summed E-state index contributed by atoms with van der Waals surface area (Å²) < 4.78 is 5.04. The number of hydrogen-bond donors (Lipinski definition) is 3. The molecule has 0 saturated heterocycles. The summed E-state index contributed by atoms with van der Waals surface area (Å²) in [4.78, 5) is 11.5. The summed E-state index contributed by atoms with van der Waals surface area (Å²) in [7, 11) is 0. The molecule has 0 aromatic heterocycles. The van der Waals surface area contributed by atoms with Gasteiger partial charge in [-0.05, 0) is 18.6 Å². The summed E-state index contributed by atoms with van der Waals surface area (Å²) in [6.07, 6.45) is 0.861. The topological polar surface area (TPSA) is 88.2 Å². The van der Waals surface area contributed by atoms with E-state index in [0.717, 1.165) is 6.42 Å². The minimum Gasteiger partial charge on any atom is -0.410 e. The van der Waals surface area contributed by atoms with E-state index in [0.29, 0.717) is 12.2 Å². The molecule has 5 heteroatoms. The quantitative estimate of drug-likeness (QED) is 0.537. The third kappa shape index (κ3) is 4.55. The fraction of sp³-hybridized carbons (Fsp3) is 0.333. The summed E-state index contributed by atoms with van der Waals surface area (Å²) in [6, 6.07) is 8.29. The Kier molecular flexibility index (Phi) is 5.00. The Hall–Kier alpha value is -2.04. The second-order valence-corrected chi connectivity index (χ2v) is 3.64. The number of amides is 1. The number of ether oxygens (including phenoxy) is 1. The van der Waals surface area contributed by atoms with Crippen molar-refractivity contribution >= 4 is 11.9 Å². The van der Waals surface area contributed by atoms with E-state index in [1.165, 1.54) is 0 Å². The molecule has 0 aliphatic carbocycles. The minimum atomic E-state index is -0.593. The Bertz CT molecular complexity index is 379. The highest BCUT2D eigenvalue weighted by atomic mass is 16.6. The zero-order valence-electron chi connectivity index (χ0n) is 9.77. The second kappa shape index (κ2) is 6.52. The summed E-state index contributed by atoms with van der Waals surface area (Å²) >= 11 is 0. The zero-order valence-corrected chi connectivity index (χ0v) is 9.77. The number of rotatable bonds is 5. The largest absolute Gasteiger partial charge is 0.413 e. The molecule has 1 atom stereocenters. The lowest BCUT2D eigenvalue weighted by atomic mass is 10.1. The third-order valence-electron chi connectivity index (χ3n) is 2.20. The van der Waals surface area contributed by atoms with Crippen molar-refractivity contribution in [2.24, 2.45) is 5.73 Å². The molecule has 0 bridgehead atoms. The van der Waals surface area contributed by atoms with Crippen LogP contribution in [0.5, 0.6) is 5.75 Å². The van der Waals surface area contributed by atoms with Crippen molar-refractivity contribution in [1.82, 2.24) is 5.32 Å². The summed E-state index contributed by atoms with van der Waals surface area (Å²) in [5.41, 5.74) is 5.38. The molecule has 5 nitrogen and oxygen atoms in total. The van der Waals surface area contributed by atoms with Gasteiger partial charge in [-0.3, -0.25) is 5.41 Å². The van der Waals surface area contributed by atoms with Crippen LogP contribution in [0.1, 0.15) is 19.8 Å². The van der Waals surface area contributed by atoms with E-state index in [2.05, 4.69) is 5.32 Å². The van der Waals surface area contributed by atoms with Crippen molar-refractivity contribution in [3.05, 3.63) is 30.3 Å². The standard InChI is InChI=1S/C12H17N3O2/c1-2-6-10(11(13)14)15-12(16)17-9-7-4-3-5-8-9/h3-5,7-8,10H,2,6H2,1H3,(H3,13,14)(H,15,16). The molecule has 0 aliphatic heterocycles. The number of benzene rings is 1. The van der Waals surface area contributed by atoms with Gasteiger partial charge < -0.3 is 15.8 Å². The molecule has 1 amide bonds. The highest BCUT2D eigenvalue weighted by Crippen LogP contribution is 2.08. The van der Waals surface area contributed by atoms with E-state index in [1.54, 1.807) is 24.3 Å². The van der Waals surface area contributed by atoms with Crippen molar-refractivity contribution in [2.75, 3.05) is 0 Å². The molecule has 1 unspecified atom stereocenters. The molecule has 1 aromatic carbocycles. The Labute approximate surface area is 100 Å². The molecule has 1 rings (SSSR count). The highest BCUT2D eigenvalue weighted by Gasteiger charge is 2.15. The maximum atomic E-state index is 11.5. The van der Waals surface area contributed by atoms with Crippen molar-refractivity contribution in [3.8, 4) is 5.75 Å². The summed E-state index contributed by atoms with van der Waals surface area (Å²) in [5.74, 6) is 0.403. The zero-order chi connectivity index (χ0) is 12.7. The van der Waals surface area contributed by atoms with Crippen molar-refractivity contribution in [1.29, 1.82) is 5.41 Å². The van der Waals surface area contributed by atoms with Gasteiger partial charge in [0.15, 0.2) is 0 Å². The van der Waals surface area contributed by atoms with Crippen LogP contribution in [0, 0.1) is 5.41 Å². The first-order chi connectivity index (χ1) is 8.13. The van der Waals surface area contributed by atoms with Crippen molar-refractivity contribution in [3.63, 3.8) is 0 Å². The fourth-order valence-electron chi connectivity index (χ4n) is 1.36. The normalized spacial score (nSPS) is 11.6. The van der Waals surface area contributed by atoms with Gasteiger partial charge in [-0.2, -0.15) is 0 Å². The number of hydrogen-bond acceptors (Lipinski definition) is 3. The predicted octanol–water partition coefficient (Wildman–Crippen LogP) is 1.88. The van der Waals surface area contributed by atoms with Gasteiger partial charge in [-0.15, -0.1) is 0 Å². The first-order valence-electron chi connectivity index (χ1n) is 5.50. The maximum absolute atomic E-state index is 11.5. The van der Waals surface area contributed by atoms with Crippen LogP contribution in [-0.2, 0) is 0 Å². The molecule has 0 fully saturated rings. The van der Waals surface area contributed by atoms with Gasteiger partial charge in [-0.25, -0.2) is 4.79 Å². The molecule has 0 radical (unpaired) electrons. The molecule has 1 aromatic rings. The smallest absolute Gasteiger partial charge is 0.410 e. The van der Waals surface area contributed by atoms with Crippen LogP contribution in [-0.4, -0.2) is 18.0 Å². The number of para-hydroxylation sites is 1. The number of nitrogens with one attached hydrogen (secondary N) is 2. The molecular formula is C12H17N3O2. The van der Waals surface area contributed by atoms with Gasteiger partial charge >= 0.3 is 6.09 Å². The molecule has 17 heavy (non-hydrogen) atoms.